The smallest absolute Gasteiger partial charge is 0.284 e. The van der Waals surface area contributed by atoms with Gasteiger partial charge in [0.05, 0.1) is 5.56 Å². The van der Waals surface area contributed by atoms with Gasteiger partial charge in [-0.3, -0.25) is 4.79 Å². The molecule has 0 aliphatic carbocycles. The van der Waals surface area contributed by atoms with E-state index in [1.165, 1.54) is 0 Å². The van der Waals surface area contributed by atoms with E-state index in [9.17, 15) is 31.1 Å². The van der Waals surface area contributed by atoms with Crippen molar-refractivity contribution in [1.82, 2.24) is 0 Å². The quantitative estimate of drug-likeness (QED) is 0.335. The average Bonchev–Trinajstić information content (AvgIpc) is 2.13. The summed E-state index contributed by atoms with van der Waals surface area (Å²) in [5, 5.41) is 0. The molecule has 0 saturated heterocycles. The van der Waals surface area contributed by atoms with Crippen LogP contribution in [0.2, 0.25) is 0 Å². The molecule has 0 N–H and O–H groups in total. The van der Waals surface area contributed by atoms with E-state index in [1.807, 2.05) is 0 Å². The molecule has 0 saturated carbocycles. The third-order valence-corrected chi connectivity index (χ3v) is 2.22. The second-order valence-electron chi connectivity index (χ2n) is 2.67. The second kappa shape index (κ2) is 4.08. The molecule has 1 aromatic carbocycles. The van der Waals surface area contributed by atoms with Crippen LogP contribution in [0.4, 0.5) is 26.3 Å². The Kier molecular flexibility index (Phi) is 3.32. The first-order valence-electron chi connectivity index (χ1n) is 3.60. The van der Waals surface area contributed by atoms with Crippen molar-refractivity contribution in [1.29, 1.82) is 0 Å². The maximum absolute atomic E-state index is 12.9. The predicted molar refractivity (Wildman–Crippen MR) is 44.4 cm³/mol. The molecule has 0 aromatic heterocycles. The zero-order valence-electron chi connectivity index (χ0n) is 7.13. The summed E-state index contributed by atoms with van der Waals surface area (Å²) in [4.78, 5) is 10.7. The second-order valence-corrected chi connectivity index (χ2v) is 3.52. The molecule has 0 aliphatic heterocycles. The minimum Gasteiger partial charge on any atom is -0.284 e. The van der Waals surface area contributed by atoms with Gasteiger partial charge in [0, 0.05) is 4.47 Å². The monoisotopic (exact) mass is 306 g/mol. The van der Waals surface area contributed by atoms with E-state index in [1.54, 1.807) is 0 Å². The highest BCUT2D eigenvalue weighted by Gasteiger charge is 2.42. The Hall–Kier alpha value is -1.05. The third kappa shape index (κ3) is 2.21. The van der Waals surface area contributed by atoms with Crippen molar-refractivity contribution >= 4 is 21.7 Å². The van der Waals surface area contributed by atoms with E-state index in [0.29, 0.717) is 0 Å². The lowest BCUT2D eigenvalue weighted by Gasteiger charge is -2.09. The van der Waals surface area contributed by atoms with Gasteiger partial charge in [-0.05, 0) is 22.0 Å². The molecule has 0 fully saturated rings. The summed E-state index contributed by atoms with van der Waals surface area (Å²) < 4.78 is 73.2. The van der Waals surface area contributed by atoms with Gasteiger partial charge in [0.1, 0.15) is 0 Å². The number of carbonyl (C=O) groups excluding carboxylic acids is 1. The molecule has 0 atom stereocenters. The molecule has 0 spiro atoms. The number of alkyl halides is 3. The standard InChI is InChI=1S/C8HBrF6O/c9-2-1-3(10)5(11)6(12)4(2)7(16)8(13,14)15/h1H. The van der Waals surface area contributed by atoms with E-state index < -0.39 is 39.4 Å². The first-order valence-corrected chi connectivity index (χ1v) is 4.40. The third-order valence-electron chi connectivity index (χ3n) is 1.60. The van der Waals surface area contributed by atoms with Crippen molar-refractivity contribution in [2.75, 3.05) is 0 Å². The molecule has 0 unspecified atom stereocenters. The minimum absolute atomic E-state index is 0.247. The topological polar surface area (TPSA) is 17.1 Å². The molecule has 0 aliphatic rings. The zero-order valence-corrected chi connectivity index (χ0v) is 8.72. The van der Waals surface area contributed by atoms with Crippen molar-refractivity contribution in [3.8, 4) is 0 Å². The van der Waals surface area contributed by atoms with Crippen LogP contribution in [0, 0.1) is 17.5 Å². The van der Waals surface area contributed by atoms with Crippen molar-refractivity contribution < 1.29 is 31.1 Å². The minimum atomic E-state index is -5.37. The molecule has 1 rings (SSSR count). The lowest BCUT2D eigenvalue weighted by Crippen LogP contribution is -2.25. The van der Waals surface area contributed by atoms with E-state index in [4.69, 9.17) is 0 Å². The van der Waals surface area contributed by atoms with Crippen LogP contribution < -0.4 is 0 Å². The summed E-state index contributed by atoms with van der Waals surface area (Å²) in [7, 11) is 0. The largest absolute Gasteiger partial charge is 0.455 e. The number of ketones is 1. The lowest BCUT2D eigenvalue weighted by molar-refractivity contribution is -0.0888. The number of hydrogen-bond donors (Lipinski definition) is 0. The molecule has 0 radical (unpaired) electrons. The number of hydrogen-bond acceptors (Lipinski definition) is 1. The fraction of sp³-hybridized carbons (Fsp3) is 0.125. The summed E-state index contributed by atoms with van der Waals surface area (Å²) in [6.45, 7) is 0. The van der Waals surface area contributed by atoms with Crippen LogP contribution >= 0.6 is 15.9 Å². The summed E-state index contributed by atoms with van der Waals surface area (Å²) in [5.41, 5.74) is -1.58. The number of benzene rings is 1. The molecule has 0 bridgehead atoms. The highest BCUT2D eigenvalue weighted by Crippen LogP contribution is 2.30. The highest BCUT2D eigenvalue weighted by molar-refractivity contribution is 9.10. The van der Waals surface area contributed by atoms with Gasteiger partial charge in [0.15, 0.2) is 17.5 Å². The normalized spacial score (nSPS) is 11.7. The van der Waals surface area contributed by atoms with Gasteiger partial charge in [0.25, 0.3) is 5.78 Å². The summed E-state index contributed by atoms with van der Waals surface area (Å²) >= 11 is 2.36. The Morgan fingerprint density at radius 2 is 1.62 bits per heavy atom. The summed E-state index contributed by atoms with van der Waals surface area (Å²) in [6, 6.07) is 0.247. The maximum atomic E-state index is 12.9. The Morgan fingerprint density at radius 1 is 1.12 bits per heavy atom. The van der Waals surface area contributed by atoms with Gasteiger partial charge >= 0.3 is 6.18 Å². The van der Waals surface area contributed by atoms with Crippen molar-refractivity contribution in [2.24, 2.45) is 0 Å². The zero-order chi connectivity index (χ0) is 12.7. The van der Waals surface area contributed by atoms with Crippen LogP contribution in [0.5, 0.6) is 0 Å². The molecule has 88 valence electrons. The van der Waals surface area contributed by atoms with E-state index in [-0.39, 0.29) is 6.07 Å². The van der Waals surface area contributed by atoms with Crippen molar-refractivity contribution in [3.05, 3.63) is 33.6 Å². The van der Waals surface area contributed by atoms with Crippen LogP contribution in [0.25, 0.3) is 0 Å². The van der Waals surface area contributed by atoms with Gasteiger partial charge in [-0.25, -0.2) is 13.2 Å². The molecular formula is C8HBrF6O. The SMILES string of the molecule is O=C(c1c(Br)cc(F)c(F)c1F)C(F)(F)F. The first-order chi connectivity index (χ1) is 7.16. The van der Waals surface area contributed by atoms with Crippen LogP contribution in [-0.4, -0.2) is 12.0 Å². The number of halogens is 7. The van der Waals surface area contributed by atoms with Crippen molar-refractivity contribution in [3.63, 3.8) is 0 Å². The van der Waals surface area contributed by atoms with E-state index in [2.05, 4.69) is 15.9 Å². The van der Waals surface area contributed by atoms with Crippen LogP contribution in [0.1, 0.15) is 10.4 Å². The Bertz CT molecular complexity index is 453. The highest BCUT2D eigenvalue weighted by atomic mass is 79.9. The average molecular weight is 307 g/mol. The molecule has 1 nitrogen and oxygen atoms in total. The van der Waals surface area contributed by atoms with Gasteiger partial charge in [-0.2, -0.15) is 13.2 Å². The van der Waals surface area contributed by atoms with Gasteiger partial charge in [-0.1, -0.05) is 0 Å². The molecular weight excluding hydrogens is 306 g/mol. The van der Waals surface area contributed by atoms with Crippen LogP contribution in [0.3, 0.4) is 0 Å². The summed E-state index contributed by atoms with van der Waals surface area (Å²) in [6.07, 6.45) is -5.37. The lowest BCUT2D eigenvalue weighted by atomic mass is 10.1. The fourth-order valence-corrected chi connectivity index (χ4v) is 1.47. The number of carbonyl (C=O) groups is 1. The molecule has 8 heteroatoms. The van der Waals surface area contributed by atoms with Crippen molar-refractivity contribution in [2.45, 2.75) is 6.18 Å². The number of rotatable bonds is 1. The van der Waals surface area contributed by atoms with E-state index >= 15 is 0 Å². The van der Waals surface area contributed by atoms with Gasteiger partial charge in [-0.15, -0.1) is 0 Å². The molecule has 1 aromatic rings. The molecule has 0 amide bonds. The predicted octanol–water partition coefficient (Wildman–Crippen LogP) is 3.61. The van der Waals surface area contributed by atoms with Gasteiger partial charge in [0.2, 0.25) is 0 Å². The fourth-order valence-electron chi connectivity index (χ4n) is 0.916. The van der Waals surface area contributed by atoms with Crippen LogP contribution in [0.15, 0.2) is 10.5 Å². The Labute approximate surface area is 93.2 Å². The molecule has 0 heterocycles. The molecule has 16 heavy (non-hydrogen) atoms. The van der Waals surface area contributed by atoms with Crippen LogP contribution in [-0.2, 0) is 0 Å². The van der Waals surface area contributed by atoms with Gasteiger partial charge < -0.3 is 0 Å². The number of Topliss-reactive ketones (excluding diaryl/α,β-unsaturated/α-hetero) is 1. The van der Waals surface area contributed by atoms with E-state index in [0.717, 1.165) is 0 Å². The maximum Gasteiger partial charge on any atom is 0.455 e. The Balaban J connectivity index is 3.47. The Morgan fingerprint density at radius 3 is 2.06 bits per heavy atom. The summed E-state index contributed by atoms with van der Waals surface area (Å²) in [5.74, 6) is -8.58. The first kappa shape index (κ1) is 13.0.